The van der Waals surface area contributed by atoms with Gasteiger partial charge in [-0.3, -0.25) is 24.5 Å². The van der Waals surface area contributed by atoms with Crippen LogP contribution in [0.1, 0.15) is 57.5 Å². The first-order valence-electron chi connectivity index (χ1n) is 12.3. The van der Waals surface area contributed by atoms with Gasteiger partial charge in [-0.2, -0.15) is 0 Å². The number of fused-ring (bicyclic) bond motifs is 2. The Morgan fingerprint density at radius 1 is 1.00 bits per heavy atom. The fourth-order valence-electron chi connectivity index (χ4n) is 5.48. The molecule has 3 aliphatic heterocycles. The molecule has 2 aromatic carbocycles. The van der Waals surface area contributed by atoms with Crippen LogP contribution in [0.3, 0.4) is 0 Å². The van der Waals surface area contributed by atoms with Crippen LogP contribution in [0, 0.1) is 0 Å². The number of nitrogens with one attached hydrogen (secondary N) is 2. The lowest BCUT2D eigenvalue weighted by Crippen LogP contribution is -2.52. The van der Waals surface area contributed by atoms with Crippen molar-refractivity contribution in [3.63, 3.8) is 0 Å². The third-order valence-electron chi connectivity index (χ3n) is 7.43. The lowest BCUT2D eigenvalue weighted by molar-refractivity contribution is -0.136. The maximum absolute atomic E-state index is 13.1. The van der Waals surface area contributed by atoms with Gasteiger partial charge in [0.1, 0.15) is 6.04 Å². The van der Waals surface area contributed by atoms with E-state index in [2.05, 4.69) is 16.4 Å². The third kappa shape index (κ3) is 3.88. The molecule has 0 radical (unpaired) electrons. The molecular formula is C28H26N4O4. The maximum atomic E-state index is 13.1. The lowest BCUT2D eigenvalue weighted by atomic mass is 9.98. The minimum atomic E-state index is -0.608. The number of likely N-dealkylation sites (tertiary alicyclic amines) is 1. The zero-order valence-corrected chi connectivity index (χ0v) is 19.8. The van der Waals surface area contributed by atoms with E-state index in [0.717, 1.165) is 34.9 Å². The maximum Gasteiger partial charge on any atom is 0.256 e. The Balaban J connectivity index is 1.13. The van der Waals surface area contributed by atoms with E-state index >= 15 is 0 Å². The summed E-state index contributed by atoms with van der Waals surface area (Å²) < 4.78 is 0. The quantitative estimate of drug-likeness (QED) is 0.560. The van der Waals surface area contributed by atoms with E-state index in [-0.39, 0.29) is 24.1 Å². The summed E-state index contributed by atoms with van der Waals surface area (Å²) >= 11 is 0. The Morgan fingerprint density at radius 3 is 2.61 bits per heavy atom. The molecule has 2 fully saturated rings. The van der Waals surface area contributed by atoms with E-state index in [1.54, 1.807) is 11.1 Å². The molecule has 0 spiro atoms. The fraction of sp³-hybridized carbons (Fsp3) is 0.286. The Bertz CT molecular complexity index is 1440. The number of benzene rings is 2. The number of H-pyrrole nitrogens is 1. The number of rotatable bonds is 3. The number of carbonyl (C=O) groups excluding carboxylic acids is 4. The highest BCUT2D eigenvalue weighted by Crippen LogP contribution is 2.30. The van der Waals surface area contributed by atoms with Crippen molar-refractivity contribution in [3.05, 3.63) is 76.5 Å². The van der Waals surface area contributed by atoms with Gasteiger partial charge < -0.3 is 14.8 Å². The number of hydrogen-bond donors (Lipinski definition) is 2. The molecule has 8 heteroatoms. The van der Waals surface area contributed by atoms with Crippen molar-refractivity contribution >= 4 is 40.6 Å². The van der Waals surface area contributed by atoms with Crippen molar-refractivity contribution in [2.75, 3.05) is 13.1 Å². The smallest absolute Gasteiger partial charge is 0.256 e. The number of aromatic amines is 1. The van der Waals surface area contributed by atoms with Gasteiger partial charge in [-0.15, -0.1) is 0 Å². The van der Waals surface area contributed by atoms with Crippen LogP contribution in [0.5, 0.6) is 0 Å². The van der Waals surface area contributed by atoms with Crippen LogP contribution in [0.25, 0.3) is 17.0 Å². The number of nitrogens with zero attached hydrogens (tertiary/aromatic N) is 2. The molecule has 2 N–H and O–H groups in total. The molecule has 1 unspecified atom stereocenters. The molecule has 3 aliphatic rings. The number of imide groups is 1. The SMILES string of the molecule is O=C1CCC(N2Cc3cc(C=C4CCN(C(=O)c5c[nH]c6ccccc56)CC4)ccc3C2=O)C(=O)N1. The average Bonchev–Trinajstić information content (AvgIpc) is 3.45. The molecular weight excluding hydrogens is 456 g/mol. The van der Waals surface area contributed by atoms with Crippen LogP contribution in [0.4, 0.5) is 0 Å². The number of carbonyl (C=O) groups is 4. The molecule has 1 atom stereocenters. The molecule has 4 heterocycles. The predicted molar refractivity (Wildman–Crippen MR) is 134 cm³/mol. The van der Waals surface area contributed by atoms with E-state index in [9.17, 15) is 19.2 Å². The third-order valence-corrected chi connectivity index (χ3v) is 7.43. The zero-order valence-electron chi connectivity index (χ0n) is 19.8. The lowest BCUT2D eigenvalue weighted by Gasteiger charge is -2.29. The Kier molecular flexibility index (Phi) is 5.44. The van der Waals surface area contributed by atoms with E-state index in [1.165, 1.54) is 5.57 Å². The van der Waals surface area contributed by atoms with Crippen LogP contribution in [-0.4, -0.2) is 57.5 Å². The molecule has 1 aromatic heterocycles. The summed E-state index contributed by atoms with van der Waals surface area (Å²) in [6.07, 6.45) is 6.14. The first-order valence-corrected chi connectivity index (χ1v) is 12.3. The first-order chi connectivity index (χ1) is 17.5. The van der Waals surface area contributed by atoms with Crippen molar-refractivity contribution in [1.82, 2.24) is 20.1 Å². The van der Waals surface area contributed by atoms with Gasteiger partial charge in [0.25, 0.3) is 11.8 Å². The van der Waals surface area contributed by atoms with Crippen molar-refractivity contribution in [1.29, 1.82) is 0 Å². The summed E-state index contributed by atoms with van der Waals surface area (Å²) in [4.78, 5) is 56.4. The van der Waals surface area contributed by atoms with Gasteiger partial charge in [-0.25, -0.2) is 0 Å². The second-order valence-corrected chi connectivity index (χ2v) is 9.66. The molecule has 36 heavy (non-hydrogen) atoms. The number of piperidine rings is 2. The summed E-state index contributed by atoms with van der Waals surface area (Å²) in [5.74, 6) is -0.800. The summed E-state index contributed by atoms with van der Waals surface area (Å²) in [6, 6.07) is 13.0. The second-order valence-electron chi connectivity index (χ2n) is 9.66. The van der Waals surface area contributed by atoms with E-state index in [1.807, 2.05) is 47.4 Å². The zero-order chi connectivity index (χ0) is 24.8. The highest BCUT2D eigenvalue weighted by molar-refractivity contribution is 6.07. The molecule has 6 rings (SSSR count). The van der Waals surface area contributed by atoms with Gasteiger partial charge in [0, 0.05) is 48.7 Å². The van der Waals surface area contributed by atoms with Crippen molar-refractivity contribution in [3.8, 4) is 0 Å². The summed E-state index contributed by atoms with van der Waals surface area (Å²) in [5, 5.41) is 3.28. The molecule has 0 saturated carbocycles. The van der Waals surface area contributed by atoms with E-state index < -0.39 is 11.9 Å². The highest BCUT2D eigenvalue weighted by atomic mass is 16.2. The van der Waals surface area contributed by atoms with Crippen LogP contribution < -0.4 is 5.32 Å². The van der Waals surface area contributed by atoms with Gasteiger partial charge in [0.2, 0.25) is 11.8 Å². The van der Waals surface area contributed by atoms with Crippen LogP contribution in [0.15, 0.2) is 54.2 Å². The number of para-hydroxylation sites is 1. The topological polar surface area (TPSA) is 103 Å². The van der Waals surface area contributed by atoms with Crippen LogP contribution in [0.2, 0.25) is 0 Å². The molecule has 3 aromatic rings. The molecule has 2 saturated heterocycles. The summed E-state index contributed by atoms with van der Waals surface area (Å²) in [5.41, 5.74) is 5.46. The summed E-state index contributed by atoms with van der Waals surface area (Å²) in [6.45, 7) is 1.69. The standard InChI is InChI=1S/C28H26N4O4/c33-25-8-7-24(26(34)30-25)32-16-19-14-18(5-6-20(19)28(32)36)13-17-9-11-31(12-10-17)27(35)22-15-29-23-4-2-1-3-21(22)23/h1-6,13-15,24,29H,7-12,16H2,(H,30,33,34). The fourth-order valence-corrected chi connectivity index (χ4v) is 5.48. The molecule has 8 nitrogen and oxygen atoms in total. The molecule has 182 valence electrons. The summed E-state index contributed by atoms with van der Waals surface area (Å²) in [7, 11) is 0. The Hall–Kier alpha value is -4.20. The van der Waals surface area contributed by atoms with Crippen molar-refractivity contribution < 1.29 is 19.2 Å². The van der Waals surface area contributed by atoms with E-state index in [0.29, 0.717) is 37.2 Å². The Labute approximate surface area is 207 Å². The van der Waals surface area contributed by atoms with Crippen LogP contribution in [-0.2, 0) is 16.1 Å². The normalized spacial score (nSPS) is 20.1. The van der Waals surface area contributed by atoms with Gasteiger partial charge in [0.05, 0.1) is 5.56 Å². The van der Waals surface area contributed by atoms with Gasteiger partial charge in [-0.1, -0.05) is 35.9 Å². The van der Waals surface area contributed by atoms with E-state index in [4.69, 9.17) is 0 Å². The molecule has 0 bridgehead atoms. The van der Waals surface area contributed by atoms with Gasteiger partial charge in [0.15, 0.2) is 0 Å². The van der Waals surface area contributed by atoms with Gasteiger partial charge >= 0.3 is 0 Å². The minimum Gasteiger partial charge on any atom is -0.360 e. The monoisotopic (exact) mass is 482 g/mol. The second kappa shape index (κ2) is 8.78. The predicted octanol–water partition coefficient (Wildman–Crippen LogP) is 3.25. The first kappa shape index (κ1) is 22.3. The molecule has 0 aliphatic carbocycles. The highest BCUT2D eigenvalue weighted by Gasteiger charge is 2.39. The van der Waals surface area contributed by atoms with Crippen molar-refractivity contribution in [2.24, 2.45) is 0 Å². The number of hydrogen-bond acceptors (Lipinski definition) is 4. The van der Waals surface area contributed by atoms with Gasteiger partial charge in [-0.05, 0) is 48.6 Å². The molecule has 4 amide bonds. The average molecular weight is 483 g/mol. The minimum absolute atomic E-state index is 0.0519. The largest absolute Gasteiger partial charge is 0.360 e. The van der Waals surface area contributed by atoms with Crippen molar-refractivity contribution in [2.45, 2.75) is 38.3 Å². The number of amides is 4. The van der Waals surface area contributed by atoms with Crippen LogP contribution >= 0.6 is 0 Å². The number of aromatic nitrogens is 1. The Morgan fingerprint density at radius 2 is 1.81 bits per heavy atom.